The highest BCUT2D eigenvalue weighted by molar-refractivity contribution is 5.09. The van der Waals surface area contributed by atoms with Crippen LogP contribution in [0.15, 0.2) is 11.6 Å². The summed E-state index contributed by atoms with van der Waals surface area (Å²) in [4.78, 5) is 0. The molecule has 64 valence electrons. The number of hydrogen-bond donors (Lipinski definition) is 0. The Kier molecular flexibility index (Phi) is 3.68. The predicted molar refractivity (Wildman–Crippen MR) is 50.6 cm³/mol. The van der Waals surface area contributed by atoms with Crippen molar-refractivity contribution >= 4 is 0 Å². The van der Waals surface area contributed by atoms with Gasteiger partial charge >= 0.3 is 0 Å². The van der Waals surface area contributed by atoms with Crippen molar-refractivity contribution in [1.29, 1.82) is 0 Å². The molecule has 0 bridgehead atoms. The second-order valence-electron chi connectivity index (χ2n) is 3.71. The highest BCUT2D eigenvalue weighted by Crippen LogP contribution is 2.30. The molecule has 0 spiro atoms. The lowest BCUT2D eigenvalue weighted by molar-refractivity contribution is 0.690. The van der Waals surface area contributed by atoms with E-state index >= 15 is 0 Å². The van der Waals surface area contributed by atoms with Gasteiger partial charge in [-0.1, -0.05) is 38.3 Å². The summed E-state index contributed by atoms with van der Waals surface area (Å²) in [6, 6.07) is 0. The first-order chi connectivity index (χ1) is 5.34. The van der Waals surface area contributed by atoms with E-state index in [0.29, 0.717) is 0 Å². The summed E-state index contributed by atoms with van der Waals surface area (Å²) in [7, 11) is 0. The van der Waals surface area contributed by atoms with Crippen molar-refractivity contribution in [2.45, 2.75) is 52.4 Å². The molecule has 0 aromatic carbocycles. The van der Waals surface area contributed by atoms with E-state index in [4.69, 9.17) is 0 Å². The van der Waals surface area contributed by atoms with E-state index in [1.807, 2.05) is 0 Å². The van der Waals surface area contributed by atoms with Crippen LogP contribution in [-0.4, -0.2) is 0 Å². The third-order valence-corrected chi connectivity index (χ3v) is 2.70. The standard InChI is InChI=1S/C11H20/c1-3-4-5-8-11-9-6-7-10(11)2/h8,10H,3-7,9H2,1-2H3. The number of hydrogen-bond acceptors (Lipinski definition) is 0. The van der Waals surface area contributed by atoms with Crippen LogP contribution in [0.3, 0.4) is 0 Å². The molecule has 1 fully saturated rings. The molecule has 0 aliphatic heterocycles. The predicted octanol–water partition coefficient (Wildman–Crippen LogP) is 3.92. The zero-order valence-electron chi connectivity index (χ0n) is 7.90. The van der Waals surface area contributed by atoms with Crippen LogP contribution in [-0.2, 0) is 0 Å². The Morgan fingerprint density at radius 1 is 1.55 bits per heavy atom. The van der Waals surface area contributed by atoms with E-state index in [1.165, 1.54) is 38.5 Å². The maximum Gasteiger partial charge on any atom is -0.0232 e. The van der Waals surface area contributed by atoms with Crippen molar-refractivity contribution in [1.82, 2.24) is 0 Å². The van der Waals surface area contributed by atoms with Crippen LogP contribution in [0.25, 0.3) is 0 Å². The van der Waals surface area contributed by atoms with E-state index in [1.54, 1.807) is 5.57 Å². The van der Waals surface area contributed by atoms with Crippen LogP contribution < -0.4 is 0 Å². The molecule has 1 saturated carbocycles. The van der Waals surface area contributed by atoms with Crippen molar-refractivity contribution < 1.29 is 0 Å². The van der Waals surface area contributed by atoms with Crippen LogP contribution in [0.5, 0.6) is 0 Å². The Hall–Kier alpha value is -0.260. The fourth-order valence-corrected chi connectivity index (χ4v) is 1.84. The molecule has 0 nitrogen and oxygen atoms in total. The molecular weight excluding hydrogens is 132 g/mol. The van der Waals surface area contributed by atoms with Crippen molar-refractivity contribution in [2.24, 2.45) is 5.92 Å². The van der Waals surface area contributed by atoms with Gasteiger partial charge in [-0.05, 0) is 31.6 Å². The van der Waals surface area contributed by atoms with Crippen LogP contribution >= 0.6 is 0 Å². The first-order valence-electron chi connectivity index (χ1n) is 5.03. The molecule has 0 radical (unpaired) electrons. The Morgan fingerprint density at radius 2 is 2.36 bits per heavy atom. The minimum absolute atomic E-state index is 0.895. The smallest absolute Gasteiger partial charge is 0.0232 e. The van der Waals surface area contributed by atoms with Crippen LogP contribution in [0.4, 0.5) is 0 Å². The van der Waals surface area contributed by atoms with E-state index in [9.17, 15) is 0 Å². The number of unbranched alkanes of at least 4 members (excludes halogenated alkanes) is 2. The molecule has 0 saturated heterocycles. The average Bonchev–Trinajstić information content (AvgIpc) is 2.37. The molecule has 1 atom stereocenters. The highest BCUT2D eigenvalue weighted by atomic mass is 14.2. The van der Waals surface area contributed by atoms with E-state index in [-0.39, 0.29) is 0 Å². The van der Waals surface area contributed by atoms with Gasteiger partial charge in [0.1, 0.15) is 0 Å². The largest absolute Gasteiger partial charge is 0.0851 e. The molecule has 1 rings (SSSR count). The molecular formula is C11H20. The van der Waals surface area contributed by atoms with Gasteiger partial charge in [0.25, 0.3) is 0 Å². The monoisotopic (exact) mass is 152 g/mol. The number of rotatable bonds is 3. The minimum atomic E-state index is 0.895. The van der Waals surface area contributed by atoms with Crippen molar-refractivity contribution in [3.05, 3.63) is 11.6 Å². The molecule has 0 amide bonds. The molecule has 0 heterocycles. The van der Waals surface area contributed by atoms with Crippen LogP contribution in [0, 0.1) is 5.92 Å². The summed E-state index contributed by atoms with van der Waals surface area (Å²) in [5.41, 5.74) is 1.73. The van der Waals surface area contributed by atoms with Crippen molar-refractivity contribution in [2.75, 3.05) is 0 Å². The van der Waals surface area contributed by atoms with Gasteiger partial charge in [-0.3, -0.25) is 0 Å². The molecule has 0 N–H and O–H groups in total. The summed E-state index contributed by atoms with van der Waals surface area (Å²) in [5, 5.41) is 0. The van der Waals surface area contributed by atoms with E-state index < -0.39 is 0 Å². The quantitative estimate of drug-likeness (QED) is 0.424. The highest BCUT2D eigenvalue weighted by Gasteiger charge is 2.14. The van der Waals surface area contributed by atoms with Crippen LogP contribution in [0.1, 0.15) is 52.4 Å². The normalized spacial score (nSPS) is 28.2. The third-order valence-electron chi connectivity index (χ3n) is 2.70. The van der Waals surface area contributed by atoms with Gasteiger partial charge in [0.2, 0.25) is 0 Å². The lowest BCUT2D eigenvalue weighted by Gasteiger charge is -2.03. The molecule has 0 heteroatoms. The third kappa shape index (κ3) is 2.69. The summed E-state index contributed by atoms with van der Waals surface area (Å²) in [5.74, 6) is 0.895. The van der Waals surface area contributed by atoms with Crippen molar-refractivity contribution in [3.63, 3.8) is 0 Å². The molecule has 0 aromatic rings. The Bertz CT molecular complexity index is 133. The van der Waals surface area contributed by atoms with Crippen LogP contribution in [0.2, 0.25) is 0 Å². The first-order valence-corrected chi connectivity index (χ1v) is 5.03. The van der Waals surface area contributed by atoms with E-state index in [2.05, 4.69) is 19.9 Å². The zero-order chi connectivity index (χ0) is 8.10. The van der Waals surface area contributed by atoms with Gasteiger partial charge in [0.05, 0.1) is 0 Å². The van der Waals surface area contributed by atoms with Gasteiger partial charge < -0.3 is 0 Å². The van der Waals surface area contributed by atoms with Gasteiger partial charge in [-0.25, -0.2) is 0 Å². The fraction of sp³-hybridized carbons (Fsp3) is 0.818. The molecule has 1 unspecified atom stereocenters. The average molecular weight is 152 g/mol. The SMILES string of the molecule is CCCCC=C1CCCC1C. The molecule has 1 aliphatic carbocycles. The lowest BCUT2D eigenvalue weighted by Crippen LogP contribution is -1.87. The number of allylic oxidation sites excluding steroid dienone is 2. The molecule has 1 aliphatic rings. The second kappa shape index (κ2) is 4.58. The first kappa shape index (κ1) is 8.83. The van der Waals surface area contributed by atoms with E-state index in [0.717, 1.165) is 5.92 Å². The van der Waals surface area contributed by atoms with Gasteiger partial charge in [0.15, 0.2) is 0 Å². The summed E-state index contributed by atoms with van der Waals surface area (Å²) >= 11 is 0. The Balaban J connectivity index is 2.27. The Morgan fingerprint density at radius 3 is 2.91 bits per heavy atom. The molecule has 0 aromatic heterocycles. The Labute approximate surface area is 70.7 Å². The van der Waals surface area contributed by atoms with Gasteiger partial charge in [-0.15, -0.1) is 0 Å². The maximum absolute atomic E-state index is 2.49. The maximum atomic E-state index is 2.49. The topological polar surface area (TPSA) is 0 Å². The fourth-order valence-electron chi connectivity index (χ4n) is 1.84. The minimum Gasteiger partial charge on any atom is -0.0851 e. The molecule has 11 heavy (non-hydrogen) atoms. The second-order valence-corrected chi connectivity index (χ2v) is 3.71. The summed E-state index contributed by atoms with van der Waals surface area (Å²) < 4.78 is 0. The summed E-state index contributed by atoms with van der Waals surface area (Å²) in [6.45, 7) is 4.63. The van der Waals surface area contributed by atoms with Gasteiger partial charge in [0, 0.05) is 0 Å². The van der Waals surface area contributed by atoms with Gasteiger partial charge in [-0.2, -0.15) is 0 Å². The summed E-state index contributed by atoms with van der Waals surface area (Å²) in [6.07, 6.45) is 10.7. The zero-order valence-corrected chi connectivity index (χ0v) is 7.90. The lowest BCUT2D eigenvalue weighted by atomic mass is 10.0. The van der Waals surface area contributed by atoms with Crippen molar-refractivity contribution in [3.8, 4) is 0 Å².